The quantitative estimate of drug-likeness (QED) is 0.846. The molecule has 0 aliphatic rings. The van der Waals surface area contributed by atoms with Crippen molar-refractivity contribution >= 4 is 5.82 Å². The van der Waals surface area contributed by atoms with Gasteiger partial charge in [-0.3, -0.25) is 0 Å². The average molecular weight is 252 g/mol. The summed E-state index contributed by atoms with van der Waals surface area (Å²) in [6.45, 7) is 11.3. The summed E-state index contributed by atoms with van der Waals surface area (Å²) in [6, 6.07) is 3.70. The van der Waals surface area contributed by atoms with Gasteiger partial charge < -0.3 is 15.2 Å². The Morgan fingerprint density at radius 2 is 1.89 bits per heavy atom. The third kappa shape index (κ3) is 3.60. The lowest BCUT2D eigenvalue weighted by molar-refractivity contribution is 0.0237. The van der Waals surface area contributed by atoms with Crippen LogP contribution in [0.2, 0.25) is 0 Å². The molecule has 0 atom stereocenters. The minimum absolute atomic E-state index is 0.0833. The van der Waals surface area contributed by atoms with Gasteiger partial charge in [-0.05, 0) is 53.7 Å². The van der Waals surface area contributed by atoms with E-state index in [9.17, 15) is 5.11 Å². The maximum absolute atomic E-state index is 10.1. The van der Waals surface area contributed by atoms with Gasteiger partial charge in [0, 0.05) is 6.20 Å². The van der Waals surface area contributed by atoms with E-state index in [0.717, 1.165) is 0 Å². The summed E-state index contributed by atoms with van der Waals surface area (Å²) < 4.78 is 5.70. The molecule has 1 heterocycles. The average Bonchev–Trinajstić information content (AvgIpc) is 2.18. The number of anilines is 1. The molecule has 2 N–H and O–H groups in total. The van der Waals surface area contributed by atoms with Gasteiger partial charge in [0.05, 0.1) is 17.2 Å². The Kier molecular flexibility index (Phi) is 4.22. The molecule has 0 saturated carbocycles. The maximum atomic E-state index is 10.1. The highest BCUT2D eigenvalue weighted by Gasteiger charge is 2.35. The molecular formula is C14H24N2O2. The summed E-state index contributed by atoms with van der Waals surface area (Å²) in [5, 5.41) is 13.4. The van der Waals surface area contributed by atoms with Crippen molar-refractivity contribution in [2.24, 2.45) is 0 Å². The van der Waals surface area contributed by atoms with Gasteiger partial charge in [-0.1, -0.05) is 0 Å². The SMILES string of the molecule is CC(C)Oc1cccnc1NC(C)(C)C(C)(C)O. The number of hydrogen-bond donors (Lipinski definition) is 2. The Hall–Kier alpha value is -1.29. The van der Waals surface area contributed by atoms with Crippen LogP contribution < -0.4 is 10.1 Å². The van der Waals surface area contributed by atoms with Crippen LogP contribution >= 0.6 is 0 Å². The van der Waals surface area contributed by atoms with E-state index in [4.69, 9.17) is 4.74 Å². The van der Waals surface area contributed by atoms with Crippen molar-refractivity contribution in [2.75, 3.05) is 5.32 Å². The molecule has 0 fully saturated rings. The minimum Gasteiger partial charge on any atom is -0.487 e. The Morgan fingerprint density at radius 1 is 1.28 bits per heavy atom. The van der Waals surface area contributed by atoms with Crippen molar-refractivity contribution in [2.45, 2.75) is 58.8 Å². The van der Waals surface area contributed by atoms with Gasteiger partial charge >= 0.3 is 0 Å². The molecule has 0 saturated heterocycles. The first-order valence-corrected chi connectivity index (χ1v) is 6.26. The molecular weight excluding hydrogens is 228 g/mol. The van der Waals surface area contributed by atoms with Crippen LogP contribution in [-0.2, 0) is 0 Å². The van der Waals surface area contributed by atoms with Crippen molar-refractivity contribution in [3.8, 4) is 5.75 Å². The zero-order valence-electron chi connectivity index (χ0n) is 12.1. The number of pyridine rings is 1. The summed E-state index contributed by atoms with van der Waals surface area (Å²) in [4.78, 5) is 4.28. The number of ether oxygens (including phenoxy) is 1. The summed E-state index contributed by atoms with van der Waals surface area (Å²) in [5.41, 5.74) is -1.39. The van der Waals surface area contributed by atoms with Gasteiger partial charge in [0.15, 0.2) is 11.6 Å². The number of rotatable bonds is 5. The maximum Gasteiger partial charge on any atom is 0.169 e. The van der Waals surface area contributed by atoms with Crippen LogP contribution in [-0.4, -0.2) is 27.3 Å². The first-order chi connectivity index (χ1) is 8.13. The van der Waals surface area contributed by atoms with Crippen LogP contribution in [0, 0.1) is 0 Å². The molecule has 0 aliphatic heterocycles. The second-order valence-electron chi connectivity index (χ2n) is 5.83. The zero-order valence-corrected chi connectivity index (χ0v) is 12.1. The van der Waals surface area contributed by atoms with Gasteiger partial charge in [0.2, 0.25) is 0 Å². The molecule has 0 bridgehead atoms. The molecule has 102 valence electrons. The molecule has 0 amide bonds. The first kappa shape index (κ1) is 14.8. The van der Waals surface area contributed by atoms with Crippen molar-refractivity contribution in [3.05, 3.63) is 18.3 Å². The fourth-order valence-corrected chi connectivity index (χ4v) is 1.28. The largest absolute Gasteiger partial charge is 0.487 e. The lowest BCUT2D eigenvalue weighted by Gasteiger charge is -2.38. The van der Waals surface area contributed by atoms with Gasteiger partial charge in [-0.15, -0.1) is 0 Å². The lowest BCUT2D eigenvalue weighted by atomic mass is 9.86. The number of aromatic nitrogens is 1. The van der Waals surface area contributed by atoms with Crippen molar-refractivity contribution in [3.63, 3.8) is 0 Å². The molecule has 0 unspecified atom stereocenters. The monoisotopic (exact) mass is 252 g/mol. The lowest BCUT2D eigenvalue weighted by Crippen LogP contribution is -2.51. The van der Waals surface area contributed by atoms with Gasteiger partial charge in [0.25, 0.3) is 0 Å². The van der Waals surface area contributed by atoms with E-state index >= 15 is 0 Å². The fourth-order valence-electron chi connectivity index (χ4n) is 1.28. The summed E-state index contributed by atoms with van der Waals surface area (Å²) in [7, 11) is 0. The molecule has 0 aromatic carbocycles. The van der Waals surface area contributed by atoms with Crippen LogP contribution in [0.1, 0.15) is 41.5 Å². The molecule has 4 heteroatoms. The number of nitrogens with zero attached hydrogens (tertiary/aromatic N) is 1. The number of nitrogens with one attached hydrogen (secondary N) is 1. The van der Waals surface area contributed by atoms with Crippen LogP contribution in [0.15, 0.2) is 18.3 Å². The summed E-state index contributed by atoms with van der Waals surface area (Å²) in [6.07, 6.45) is 1.79. The summed E-state index contributed by atoms with van der Waals surface area (Å²) in [5.74, 6) is 1.35. The Bertz CT molecular complexity index is 395. The third-order valence-corrected chi connectivity index (χ3v) is 3.09. The van der Waals surface area contributed by atoms with E-state index in [1.165, 1.54) is 0 Å². The van der Waals surface area contributed by atoms with Crippen LogP contribution in [0.5, 0.6) is 5.75 Å². The van der Waals surface area contributed by atoms with E-state index in [1.807, 2.05) is 39.8 Å². The molecule has 18 heavy (non-hydrogen) atoms. The highest BCUT2D eigenvalue weighted by molar-refractivity contribution is 5.51. The van der Waals surface area contributed by atoms with Gasteiger partial charge in [0.1, 0.15) is 0 Å². The van der Waals surface area contributed by atoms with E-state index in [0.29, 0.717) is 11.6 Å². The first-order valence-electron chi connectivity index (χ1n) is 6.26. The topological polar surface area (TPSA) is 54.4 Å². The third-order valence-electron chi connectivity index (χ3n) is 3.09. The van der Waals surface area contributed by atoms with Crippen molar-refractivity contribution in [1.29, 1.82) is 0 Å². The highest BCUT2D eigenvalue weighted by Crippen LogP contribution is 2.30. The Labute approximate surface area is 109 Å². The zero-order chi connectivity index (χ0) is 14.0. The molecule has 1 aromatic heterocycles. The fraction of sp³-hybridized carbons (Fsp3) is 0.643. The second-order valence-corrected chi connectivity index (χ2v) is 5.83. The Morgan fingerprint density at radius 3 is 2.39 bits per heavy atom. The predicted molar refractivity (Wildman–Crippen MR) is 74.0 cm³/mol. The van der Waals surface area contributed by atoms with E-state index in [2.05, 4.69) is 10.3 Å². The predicted octanol–water partition coefficient (Wildman–Crippen LogP) is 2.83. The van der Waals surface area contributed by atoms with Crippen LogP contribution in [0.25, 0.3) is 0 Å². The molecule has 0 radical (unpaired) electrons. The smallest absolute Gasteiger partial charge is 0.169 e. The second kappa shape index (κ2) is 5.14. The molecule has 1 aromatic rings. The number of aliphatic hydroxyl groups is 1. The van der Waals surface area contributed by atoms with E-state index in [-0.39, 0.29) is 6.10 Å². The van der Waals surface area contributed by atoms with Crippen LogP contribution in [0.3, 0.4) is 0 Å². The number of hydrogen-bond acceptors (Lipinski definition) is 4. The molecule has 0 aliphatic carbocycles. The van der Waals surface area contributed by atoms with E-state index < -0.39 is 11.1 Å². The standard InChI is InChI=1S/C14H24N2O2/c1-10(2)18-11-8-7-9-15-12(11)16-13(3,4)14(5,6)17/h7-10,17H,1-6H3,(H,15,16). The summed E-state index contributed by atoms with van der Waals surface area (Å²) >= 11 is 0. The van der Waals surface area contributed by atoms with Crippen LogP contribution in [0.4, 0.5) is 5.82 Å². The minimum atomic E-state index is -0.875. The normalized spacial score (nSPS) is 12.7. The van der Waals surface area contributed by atoms with Gasteiger partial charge in [-0.2, -0.15) is 0 Å². The van der Waals surface area contributed by atoms with Crippen molar-refractivity contribution in [1.82, 2.24) is 4.98 Å². The molecule has 0 spiro atoms. The molecule has 1 rings (SSSR count). The van der Waals surface area contributed by atoms with Crippen molar-refractivity contribution < 1.29 is 9.84 Å². The highest BCUT2D eigenvalue weighted by atomic mass is 16.5. The van der Waals surface area contributed by atoms with E-state index in [1.54, 1.807) is 20.0 Å². The van der Waals surface area contributed by atoms with Gasteiger partial charge in [-0.25, -0.2) is 4.98 Å². The molecule has 4 nitrogen and oxygen atoms in total. The Balaban J connectivity index is 2.97.